The van der Waals surface area contributed by atoms with Gasteiger partial charge in [0.05, 0.1) is 43.0 Å². The highest BCUT2D eigenvalue weighted by atomic mass is 16.8. The van der Waals surface area contributed by atoms with E-state index in [4.69, 9.17) is 18.9 Å². The molecule has 6 fully saturated rings. The van der Waals surface area contributed by atoms with Crippen molar-refractivity contribution in [3.63, 3.8) is 0 Å². The highest BCUT2D eigenvalue weighted by molar-refractivity contribution is 5.79. The van der Waals surface area contributed by atoms with E-state index in [1.165, 1.54) is 0 Å². The normalized spacial score (nSPS) is 57.1. The minimum absolute atomic E-state index is 0.0405. The molecule has 10 N–H and O–H groups in total. The summed E-state index contributed by atoms with van der Waals surface area (Å²) in [4.78, 5) is 15.0. The minimum atomic E-state index is -1.79. The lowest BCUT2D eigenvalue weighted by molar-refractivity contribution is -0.353. The third-order valence-electron chi connectivity index (χ3n) is 17.4. The Kier molecular flexibility index (Phi) is 11.0. The first-order valence-corrected chi connectivity index (χ1v) is 20.6. The summed E-state index contributed by atoms with van der Waals surface area (Å²) in [5.41, 5.74) is -3.77. The Morgan fingerprint density at radius 3 is 2.20 bits per heavy atom. The molecule has 7 rings (SSSR count). The predicted molar refractivity (Wildman–Crippen MR) is 196 cm³/mol. The smallest absolute Gasteiger partial charge is 0.315 e. The lowest BCUT2D eigenvalue weighted by Gasteiger charge is -2.72. The number of carbonyl (C=O) groups is 1. The van der Waals surface area contributed by atoms with Crippen LogP contribution in [-0.4, -0.2) is 150 Å². The fourth-order valence-corrected chi connectivity index (χ4v) is 13.6. The van der Waals surface area contributed by atoms with Gasteiger partial charge in [0.15, 0.2) is 12.4 Å². The van der Waals surface area contributed by atoms with Crippen LogP contribution < -0.4 is 0 Å². The molecule has 0 unspecified atom stereocenters. The average molecular weight is 799 g/mol. The van der Waals surface area contributed by atoms with E-state index in [2.05, 4.69) is 26.8 Å². The molecule has 320 valence electrons. The molecule has 0 amide bonds. The first-order valence-electron chi connectivity index (χ1n) is 20.6. The first kappa shape index (κ1) is 42.8. The third kappa shape index (κ3) is 5.88. The highest BCUT2D eigenvalue weighted by Crippen LogP contribution is 2.76. The fourth-order valence-electron chi connectivity index (χ4n) is 13.6. The van der Waals surface area contributed by atoms with Crippen LogP contribution in [0.2, 0.25) is 0 Å². The van der Waals surface area contributed by atoms with Crippen molar-refractivity contribution in [2.24, 2.45) is 50.7 Å². The van der Waals surface area contributed by atoms with Crippen LogP contribution in [0.1, 0.15) is 92.9 Å². The Bertz CT molecular complexity index is 1520. The summed E-state index contributed by atoms with van der Waals surface area (Å²) in [5, 5.41) is 109. The van der Waals surface area contributed by atoms with Gasteiger partial charge in [0.2, 0.25) is 6.29 Å². The monoisotopic (exact) mass is 798 g/mol. The van der Waals surface area contributed by atoms with Crippen LogP contribution in [0, 0.1) is 50.7 Å². The molecule has 2 aliphatic heterocycles. The quantitative estimate of drug-likeness (QED) is 0.124. The van der Waals surface area contributed by atoms with Gasteiger partial charge in [-0.2, -0.15) is 0 Å². The molecule has 15 nitrogen and oxygen atoms in total. The summed E-state index contributed by atoms with van der Waals surface area (Å²) in [5.74, 6) is -1.57. The minimum Gasteiger partial charge on any atom is -0.432 e. The Morgan fingerprint density at radius 2 is 1.54 bits per heavy atom. The van der Waals surface area contributed by atoms with Crippen molar-refractivity contribution < 1.29 is 74.8 Å². The molecular weight excluding hydrogens is 732 g/mol. The Hall–Kier alpha value is -1.31. The molecule has 21 atom stereocenters. The third-order valence-corrected chi connectivity index (χ3v) is 17.4. The second kappa shape index (κ2) is 14.4. The predicted octanol–water partition coefficient (Wildman–Crippen LogP) is -0.131. The number of hydrogen-bond acceptors (Lipinski definition) is 15. The van der Waals surface area contributed by atoms with E-state index in [0.717, 1.165) is 18.4 Å². The molecule has 0 aromatic heterocycles. The van der Waals surface area contributed by atoms with Crippen LogP contribution in [0.25, 0.3) is 0 Å². The van der Waals surface area contributed by atoms with E-state index in [1.54, 1.807) is 6.92 Å². The van der Waals surface area contributed by atoms with Crippen molar-refractivity contribution in [1.82, 2.24) is 0 Å². The molecule has 2 heterocycles. The molecule has 2 saturated heterocycles. The van der Waals surface area contributed by atoms with Crippen molar-refractivity contribution >= 4 is 5.97 Å². The maximum atomic E-state index is 15.0. The molecule has 5 aliphatic carbocycles. The SMILES string of the molecule is C[C@@H]1CC[C@]2(C(=O)O[C@@H]3O[C@H](CO)[C@@H](O)[C@H](O)[C@H]3O[C@@H]3OC[C@@H](O)[C@@H](O)[C@@H]3O)CC[C@]3(C)C(=CC[C@@H]4[C@@]5(C)C[C@@H](O)[C@@H](O)[C@@](C)(CO)[C@@H]5CC[C@]43C)[C@@H]2[C@]1(C)O. The largest absolute Gasteiger partial charge is 0.432 e. The zero-order valence-corrected chi connectivity index (χ0v) is 33.5. The molecule has 0 aromatic carbocycles. The van der Waals surface area contributed by atoms with Gasteiger partial charge in [0.25, 0.3) is 0 Å². The van der Waals surface area contributed by atoms with Gasteiger partial charge in [0.1, 0.15) is 36.6 Å². The van der Waals surface area contributed by atoms with Crippen molar-refractivity contribution in [3.8, 4) is 0 Å². The van der Waals surface area contributed by atoms with Gasteiger partial charge in [-0.05, 0) is 92.3 Å². The zero-order chi connectivity index (χ0) is 41.1. The van der Waals surface area contributed by atoms with E-state index in [9.17, 15) is 51.1 Å². The topological polar surface area (TPSA) is 256 Å². The van der Waals surface area contributed by atoms with Crippen molar-refractivity contribution in [2.75, 3.05) is 19.8 Å². The van der Waals surface area contributed by atoms with Gasteiger partial charge in [-0.15, -0.1) is 0 Å². The maximum Gasteiger partial charge on any atom is 0.315 e. The Morgan fingerprint density at radius 1 is 0.839 bits per heavy atom. The van der Waals surface area contributed by atoms with Gasteiger partial charge < -0.3 is 70.0 Å². The Balaban J connectivity index is 1.24. The van der Waals surface area contributed by atoms with Gasteiger partial charge in [-0.1, -0.05) is 46.3 Å². The zero-order valence-electron chi connectivity index (χ0n) is 33.5. The summed E-state index contributed by atoms with van der Waals surface area (Å²) in [6.07, 6.45) is -10.2. The summed E-state index contributed by atoms with van der Waals surface area (Å²) in [6.45, 7) is 11.0. The highest BCUT2D eigenvalue weighted by Gasteiger charge is 2.72. The summed E-state index contributed by atoms with van der Waals surface area (Å²) in [6, 6.07) is 0. The summed E-state index contributed by atoms with van der Waals surface area (Å²) >= 11 is 0. The van der Waals surface area contributed by atoms with E-state index >= 15 is 4.79 Å². The number of fused-ring (bicyclic) bond motifs is 7. The van der Waals surface area contributed by atoms with E-state index < -0.39 is 120 Å². The van der Waals surface area contributed by atoms with E-state index in [1.807, 2.05) is 13.8 Å². The molecule has 7 aliphatic rings. The number of hydrogen-bond donors (Lipinski definition) is 10. The van der Waals surface area contributed by atoms with Gasteiger partial charge >= 0.3 is 5.97 Å². The molecular formula is C41H66O15. The van der Waals surface area contributed by atoms with Gasteiger partial charge in [-0.3, -0.25) is 4.79 Å². The van der Waals surface area contributed by atoms with Crippen LogP contribution in [-0.2, 0) is 23.7 Å². The van der Waals surface area contributed by atoms with Gasteiger partial charge in [0, 0.05) is 11.3 Å². The van der Waals surface area contributed by atoms with Gasteiger partial charge in [-0.25, -0.2) is 0 Å². The van der Waals surface area contributed by atoms with Crippen molar-refractivity contribution in [2.45, 2.75) is 166 Å². The van der Waals surface area contributed by atoms with Crippen molar-refractivity contribution in [3.05, 3.63) is 11.6 Å². The standard InChI is InChI=1S/C41H66O15/c1-19-9-12-41(35(51)56-34-30(28(48)27(47)23(16-42)54-34)55-33-29(49)26(46)22(45)17-53-33)14-13-38(4)20(31(41)40(19,6)52)7-8-25-36(2)15-21(44)32(50)37(3,18-43)24(36)10-11-39(25,38)5/h7,19,21-34,42-50,52H,8-18H2,1-6H3/t19-,21-,22-,23-,24-,25-,26-,27-,28+,29+,30-,31-,32-,33+,34+,36+,37+,38-,39-,40-,41+/m1/s1. The number of allylic oxidation sites excluding steroid dienone is 1. The molecule has 56 heavy (non-hydrogen) atoms. The number of aliphatic hydroxyl groups is 10. The van der Waals surface area contributed by atoms with E-state index in [-0.39, 0.29) is 29.8 Å². The number of esters is 1. The Labute approximate surface area is 328 Å². The lowest BCUT2D eigenvalue weighted by Crippen LogP contribution is -2.70. The van der Waals surface area contributed by atoms with Crippen molar-refractivity contribution in [1.29, 1.82) is 0 Å². The maximum absolute atomic E-state index is 15.0. The molecule has 4 saturated carbocycles. The summed E-state index contributed by atoms with van der Waals surface area (Å²) < 4.78 is 23.3. The number of aliphatic hydroxyl groups excluding tert-OH is 9. The second-order valence-electron chi connectivity index (χ2n) is 19.9. The van der Waals surface area contributed by atoms with Crippen LogP contribution >= 0.6 is 0 Å². The second-order valence-corrected chi connectivity index (χ2v) is 19.9. The fraction of sp³-hybridized carbons (Fsp3) is 0.927. The summed E-state index contributed by atoms with van der Waals surface area (Å²) in [7, 11) is 0. The molecule has 15 heteroatoms. The number of ether oxygens (including phenoxy) is 4. The van der Waals surface area contributed by atoms with Crippen LogP contribution in [0.4, 0.5) is 0 Å². The van der Waals surface area contributed by atoms with E-state index in [0.29, 0.717) is 38.5 Å². The number of rotatable bonds is 6. The number of carbonyl (C=O) groups excluding carboxylic acids is 1. The van der Waals surface area contributed by atoms with Crippen LogP contribution in [0.5, 0.6) is 0 Å². The molecule has 0 radical (unpaired) electrons. The van der Waals surface area contributed by atoms with Crippen LogP contribution in [0.3, 0.4) is 0 Å². The first-order chi connectivity index (χ1) is 26.1. The molecule has 0 bridgehead atoms. The molecule has 0 aromatic rings. The average Bonchev–Trinajstić information content (AvgIpc) is 3.15. The molecule has 0 spiro atoms. The lowest BCUT2D eigenvalue weighted by atomic mass is 9.33. The van der Waals surface area contributed by atoms with Crippen LogP contribution in [0.15, 0.2) is 11.6 Å².